The third kappa shape index (κ3) is 2.01. The van der Waals surface area contributed by atoms with E-state index in [1.165, 1.54) is 10.8 Å². The van der Waals surface area contributed by atoms with Crippen LogP contribution in [-0.2, 0) is 17.8 Å². The molecule has 6 heteroatoms. The summed E-state index contributed by atoms with van der Waals surface area (Å²) >= 11 is 0. The minimum absolute atomic E-state index is 0.132. The van der Waals surface area contributed by atoms with Gasteiger partial charge in [0.1, 0.15) is 5.82 Å². The first-order valence-electron chi connectivity index (χ1n) is 5.69. The summed E-state index contributed by atoms with van der Waals surface area (Å²) in [7, 11) is 0. The maximum atomic E-state index is 12.1. The Morgan fingerprint density at radius 3 is 3.00 bits per heavy atom. The molecule has 2 N–H and O–H groups in total. The summed E-state index contributed by atoms with van der Waals surface area (Å²) in [6, 6.07) is 0. The molecule has 6 nitrogen and oxygen atoms in total. The average Bonchev–Trinajstić information content (AvgIpc) is 2.32. The van der Waals surface area contributed by atoms with Gasteiger partial charge in [0.05, 0.1) is 12.7 Å². The van der Waals surface area contributed by atoms with Gasteiger partial charge in [-0.3, -0.25) is 14.2 Å². The maximum Gasteiger partial charge on any atom is 0.308 e. The van der Waals surface area contributed by atoms with Crippen LogP contribution in [0.5, 0.6) is 0 Å². The second kappa shape index (κ2) is 4.64. The average molecular weight is 250 g/mol. The Morgan fingerprint density at radius 2 is 2.39 bits per heavy atom. The highest BCUT2D eigenvalue weighted by Crippen LogP contribution is 2.28. The lowest BCUT2D eigenvalue weighted by atomic mass is 9.94. The van der Waals surface area contributed by atoms with Crippen molar-refractivity contribution in [2.24, 2.45) is 5.92 Å². The number of aliphatic hydroxyl groups is 1. The molecule has 1 unspecified atom stereocenters. The third-order valence-corrected chi connectivity index (χ3v) is 3.17. The first-order valence-corrected chi connectivity index (χ1v) is 5.69. The molecular formula is C12H14N2O4. The van der Waals surface area contributed by atoms with Gasteiger partial charge in [0.15, 0.2) is 0 Å². The molecule has 0 radical (unpaired) electrons. The Kier molecular flexibility index (Phi) is 3.18. The van der Waals surface area contributed by atoms with E-state index in [9.17, 15) is 14.7 Å². The highest BCUT2D eigenvalue weighted by atomic mass is 16.4. The summed E-state index contributed by atoms with van der Waals surface area (Å²) in [4.78, 5) is 26.8. The molecule has 0 saturated heterocycles. The largest absolute Gasteiger partial charge is 0.515 e. The van der Waals surface area contributed by atoms with E-state index in [4.69, 9.17) is 5.11 Å². The van der Waals surface area contributed by atoms with Crippen molar-refractivity contribution in [1.82, 2.24) is 9.55 Å². The lowest BCUT2D eigenvalue weighted by Crippen LogP contribution is -2.33. The zero-order valence-electron chi connectivity index (χ0n) is 9.96. The molecule has 0 aromatic carbocycles. The van der Waals surface area contributed by atoms with Crippen LogP contribution >= 0.6 is 0 Å². The predicted molar refractivity (Wildman–Crippen MR) is 64.2 cm³/mol. The van der Waals surface area contributed by atoms with Gasteiger partial charge in [-0.2, -0.15) is 0 Å². The molecule has 0 saturated carbocycles. The standard InChI is InChI=1S/C12H14N2O4/c1-7-2-3-14-11(9(7)6-15)13-5-8(12(14)18)4-10(16)17/h5-7,15H,2-4H2,1H3,(H,16,17)/b9-6-. The fourth-order valence-electron chi connectivity index (χ4n) is 2.14. The van der Waals surface area contributed by atoms with Crippen molar-refractivity contribution >= 4 is 11.5 Å². The van der Waals surface area contributed by atoms with Crippen molar-refractivity contribution in [2.45, 2.75) is 26.3 Å². The molecule has 0 aliphatic carbocycles. The van der Waals surface area contributed by atoms with Crippen LogP contribution in [0, 0.1) is 5.92 Å². The minimum atomic E-state index is -1.06. The molecule has 1 aliphatic heterocycles. The molecule has 1 aromatic rings. The van der Waals surface area contributed by atoms with Gasteiger partial charge >= 0.3 is 5.97 Å². The number of fused-ring (bicyclic) bond motifs is 1. The zero-order chi connectivity index (χ0) is 13.3. The van der Waals surface area contributed by atoms with Gasteiger partial charge in [-0.15, -0.1) is 0 Å². The number of allylic oxidation sites excluding steroid dienone is 1. The van der Waals surface area contributed by atoms with E-state index in [2.05, 4.69) is 4.98 Å². The van der Waals surface area contributed by atoms with Crippen LogP contribution < -0.4 is 5.56 Å². The second-order valence-electron chi connectivity index (χ2n) is 4.41. The molecule has 0 fully saturated rings. The van der Waals surface area contributed by atoms with Crippen molar-refractivity contribution in [3.63, 3.8) is 0 Å². The highest BCUT2D eigenvalue weighted by molar-refractivity contribution is 5.70. The van der Waals surface area contributed by atoms with Gasteiger partial charge in [-0.25, -0.2) is 4.98 Å². The minimum Gasteiger partial charge on any atom is -0.515 e. The number of aromatic nitrogens is 2. The van der Waals surface area contributed by atoms with Crippen LogP contribution in [0.15, 0.2) is 17.3 Å². The Morgan fingerprint density at radius 1 is 1.67 bits per heavy atom. The second-order valence-corrected chi connectivity index (χ2v) is 4.41. The SMILES string of the molecule is CC1CCn2c(ncc(CC(=O)O)c2=O)/C1=C\O. The lowest BCUT2D eigenvalue weighted by Gasteiger charge is -2.24. The van der Waals surface area contributed by atoms with Gasteiger partial charge in [0.2, 0.25) is 0 Å². The van der Waals surface area contributed by atoms with Gasteiger partial charge in [0, 0.05) is 23.9 Å². The normalized spacial score (nSPS) is 20.7. The molecule has 1 atom stereocenters. The molecule has 2 rings (SSSR count). The van der Waals surface area contributed by atoms with E-state index in [1.807, 2.05) is 6.92 Å². The van der Waals surface area contributed by atoms with Crippen LogP contribution in [0.2, 0.25) is 0 Å². The predicted octanol–water partition coefficient (Wildman–Crippen LogP) is 0.809. The Hall–Kier alpha value is -2.11. The molecule has 1 aliphatic rings. The van der Waals surface area contributed by atoms with E-state index >= 15 is 0 Å². The van der Waals surface area contributed by atoms with Crippen molar-refractivity contribution in [3.05, 3.63) is 34.2 Å². The fourth-order valence-corrected chi connectivity index (χ4v) is 2.14. The van der Waals surface area contributed by atoms with E-state index in [0.717, 1.165) is 12.7 Å². The molecule has 0 amide bonds. The highest BCUT2D eigenvalue weighted by Gasteiger charge is 2.24. The topological polar surface area (TPSA) is 92.4 Å². The molecule has 2 heterocycles. The van der Waals surface area contributed by atoms with Crippen molar-refractivity contribution in [1.29, 1.82) is 0 Å². The number of rotatable bonds is 2. The number of carbonyl (C=O) groups is 1. The van der Waals surface area contributed by atoms with Crippen molar-refractivity contribution < 1.29 is 15.0 Å². The van der Waals surface area contributed by atoms with Crippen LogP contribution in [0.25, 0.3) is 5.57 Å². The Balaban J connectivity index is 2.54. The Labute approximate surface area is 103 Å². The molecule has 0 bridgehead atoms. The van der Waals surface area contributed by atoms with Gasteiger partial charge in [-0.05, 0) is 12.3 Å². The van der Waals surface area contributed by atoms with Crippen LogP contribution in [0.4, 0.5) is 0 Å². The summed E-state index contributed by atoms with van der Waals surface area (Å²) in [5.74, 6) is -0.501. The molecule has 18 heavy (non-hydrogen) atoms. The van der Waals surface area contributed by atoms with E-state index < -0.39 is 5.97 Å². The summed E-state index contributed by atoms with van der Waals surface area (Å²) in [6.07, 6.45) is 2.64. The molecule has 0 spiro atoms. The third-order valence-electron chi connectivity index (χ3n) is 3.17. The maximum absolute atomic E-state index is 12.1. The molecule has 1 aromatic heterocycles. The number of nitrogens with zero attached hydrogens (tertiary/aromatic N) is 2. The molecular weight excluding hydrogens is 236 g/mol. The lowest BCUT2D eigenvalue weighted by molar-refractivity contribution is -0.136. The summed E-state index contributed by atoms with van der Waals surface area (Å²) in [6.45, 7) is 2.44. The molecule has 96 valence electrons. The first-order chi connectivity index (χ1) is 8.54. The number of aliphatic carboxylic acids is 1. The number of carboxylic acids is 1. The van der Waals surface area contributed by atoms with Gasteiger partial charge in [-0.1, -0.05) is 6.92 Å². The van der Waals surface area contributed by atoms with E-state index in [0.29, 0.717) is 17.9 Å². The van der Waals surface area contributed by atoms with Crippen LogP contribution in [0.3, 0.4) is 0 Å². The first kappa shape index (κ1) is 12.3. The zero-order valence-corrected chi connectivity index (χ0v) is 9.96. The number of aliphatic hydroxyl groups excluding tert-OH is 1. The smallest absolute Gasteiger partial charge is 0.308 e. The van der Waals surface area contributed by atoms with Crippen molar-refractivity contribution in [3.8, 4) is 0 Å². The summed E-state index contributed by atoms with van der Waals surface area (Å²) in [5.41, 5.74) is 0.437. The number of hydrogen-bond donors (Lipinski definition) is 2. The fraction of sp³-hybridized carbons (Fsp3) is 0.417. The number of hydrogen-bond acceptors (Lipinski definition) is 4. The Bertz CT molecular complexity index is 574. The van der Waals surface area contributed by atoms with E-state index in [-0.39, 0.29) is 23.5 Å². The summed E-state index contributed by atoms with van der Waals surface area (Å²) < 4.78 is 1.43. The number of carboxylic acid groups (broad SMARTS) is 1. The monoisotopic (exact) mass is 250 g/mol. The van der Waals surface area contributed by atoms with Gasteiger partial charge in [0.25, 0.3) is 5.56 Å². The van der Waals surface area contributed by atoms with Gasteiger partial charge < -0.3 is 10.2 Å². The van der Waals surface area contributed by atoms with E-state index in [1.54, 1.807) is 0 Å². The summed E-state index contributed by atoms with van der Waals surface area (Å²) in [5, 5.41) is 17.9. The van der Waals surface area contributed by atoms with Crippen molar-refractivity contribution in [2.75, 3.05) is 0 Å². The van der Waals surface area contributed by atoms with Crippen LogP contribution in [-0.4, -0.2) is 25.7 Å². The van der Waals surface area contributed by atoms with Crippen LogP contribution in [0.1, 0.15) is 24.7 Å². The quantitative estimate of drug-likeness (QED) is 0.758.